The van der Waals surface area contributed by atoms with Gasteiger partial charge in [0.05, 0.1) is 18.8 Å². The Bertz CT molecular complexity index is 290. The first kappa shape index (κ1) is 13.2. The average molecular weight is 222 g/mol. The maximum Gasteiger partial charge on any atom is 0.0845 e. The smallest absolute Gasteiger partial charge is 0.0845 e. The zero-order valence-corrected chi connectivity index (χ0v) is 10.7. The van der Waals surface area contributed by atoms with Crippen molar-refractivity contribution in [3.63, 3.8) is 0 Å². The molecule has 0 fully saturated rings. The fraction of sp³-hybridized carbons (Fsp3) is 0.571. The van der Waals surface area contributed by atoms with Gasteiger partial charge in [0.2, 0.25) is 0 Å². The summed E-state index contributed by atoms with van der Waals surface area (Å²) >= 11 is 0. The first-order valence-corrected chi connectivity index (χ1v) is 5.81. The van der Waals surface area contributed by atoms with Gasteiger partial charge in [0.1, 0.15) is 0 Å². The van der Waals surface area contributed by atoms with Gasteiger partial charge < -0.3 is 9.47 Å². The molecule has 2 nitrogen and oxygen atoms in total. The molecule has 0 aliphatic rings. The van der Waals surface area contributed by atoms with Crippen molar-refractivity contribution in [3.8, 4) is 0 Å². The summed E-state index contributed by atoms with van der Waals surface area (Å²) in [6.45, 7) is 6.83. The van der Waals surface area contributed by atoms with Gasteiger partial charge in [-0.15, -0.1) is 0 Å². The molecule has 0 bridgehead atoms. The molecule has 0 saturated carbocycles. The van der Waals surface area contributed by atoms with Gasteiger partial charge in [-0.25, -0.2) is 0 Å². The molecule has 0 spiro atoms. The fourth-order valence-electron chi connectivity index (χ4n) is 1.50. The fourth-order valence-corrected chi connectivity index (χ4v) is 1.50. The molecular weight excluding hydrogens is 200 g/mol. The Hall–Kier alpha value is -0.860. The Kier molecular flexibility index (Phi) is 5.50. The van der Waals surface area contributed by atoms with Crippen molar-refractivity contribution in [2.24, 2.45) is 0 Å². The van der Waals surface area contributed by atoms with Gasteiger partial charge in [-0.05, 0) is 26.3 Å². The first-order chi connectivity index (χ1) is 7.61. The molecule has 0 aliphatic carbocycles. The molecule has 0 N–H and O–H groups in total. The van der Waals surface area contributed by atoms with E-state index in [1.807, 2.05) is 13.8 Å². The standard InChI is InChI=1S/C14H22O2/c1-11(2)16-10-14(15-4)9-13-7-5-12(3)6-8-13/h5-8,11,14H,9-10H2,1-4H3. The second-order valence-electron chi connectivity index (χ2n) is 4.43. The van der Waals surface area contributed by atoms with Crippen LogP contribution in [0.5, 0.6) is 0 Å². The largest absolute Gasteiger partial charge is 0.379 e. The highest BCUT2D eigenvalue weighted by molar-refractivity contribution is 5.21. The van der Waals surface area contributed by atoms with E-state index in [1.54, 1.807) is 7.11 Å². The van der Waals surface area contributed by atoms with Crippen LogP contribution in [0.3, 0.4) is 0 Å². The van der Waals surface area contributed by atoms with E-state index in [1.165, 1.54) is 11.1 Å². The average Bonchev–Trinajstić information content (AvgIpc) is 2.26. The number of benzene rings is 1. The summed E-state index contributed by atoms with van der Waals surface area (Å²) in [6, 6.07) is 8.56. The SMILES string of the molecule is COC(COC(C)C)Cc1ccc(C)cc1. The van der Waals surface area contributed by atoms with E-state index in [2.05, 4.69) is 31.2 Å². The Balaban J connectivity index is 2.46. The summed E-state index contributed by atoms with van der Waals surface area (Å²) in [5.41, 5.74) is 2.58. The van der Waals surface area contributed by atoms with Crippen molar-refractivity contribution in [1.29, 1.82) is 0 Å². The van der Waals surface area contributed by atoms with Crippen molar-refractivity contribution >= 4 is 0 Å². The molecule has 0 radical (unpaired) electrons. The number of ether oxygens (including phenoxy) is 2. The molecule has 90 valence electrons. The highest BCUT2D eigenvalue weighted by Gasteiger charge is 2.09. The van der Waals surface area contributed by atoms with Crippen LogP contribution >= 0.6 is 0 Å². The Morgan fingerprint density at radius 2 is 1.75 bits per heavy atom. The van der Waals surface area contributed by atoms with Gasteiger partial charge >= 0.3 is 0 Å². The summed E-state index contributed by atoms with van der Waals surface area (Å²) < 4.78 is 11.0. The summed E-state index contributed by atoms with van der Waals surface area (Å²) in [6.07, 6.45) is 1.31. The van der Waals surface area contributed by atoms with Gasteiger partial charge in [-0.2, -0.15) is 0 Å². The molecule has 1 aromatic rings. The lowest BCUT2D eigenvalue weighted by Gasteiger charge is -2.17. The van der Waals surface area contributed by atoms with E-state index < -0.39 is 0 Å². The molecular formula is C14H22O2. The highest BCUT2D eigenvalue weighted by Crippen LogP contribution is 2.08. The van der Waals surface area contributed by atoms with Gasteiger partial charge in [0.25, 0.3) is 0 Å². The van der Waals surface area contributed by atoms with Crippen LogP contribution in [0, 0.1) is 6.92 Å². The Morgan fingerprint density at radius 1 is 1.12 bits per heavy atom. The van der Waals surface area contributed by atoms with Crippen LogP contribution in [-0.4, -0.2) is 25.9 Å². The highest BCUT2D eigenvalue weighted by atomic mass is 16.5. The first-order valence-electron chi connectivity index (χ1n) is 5.81. The Morgan fingerprint density at radius 3 is 2.25 bits per heavy atom. The molecule has 1 unspecified atom stereocenters. The van der Waals surface area contributed by atoms with E-state index in [0.29, 0.717) is 6.61 Å². The normalized spacial score (nSPS) is 13.1. The maximum absolute atomic E-state index is 5.57. The second kappa shape index (κ2) is 6.66. The lowest BCUT2D eigenvalue weighted by atomic mass is 10.1. The molecule has 16 heavy (non-hydrogen) atoms. The molecule has 1 rings (SSSR count). The van der Waals surface area contributed by atoms with Gasteiger partial charge in [-0.3, -0.25) is 0 Å². The van der Waals surface area contributed by atoms with Gasteiger partial charge in [0, 0.05) is 13.5 Å². The second-order valence-corrected chi connectivity index (χ2v) is 4.43. The minimum absolute atomic E-state index is 0.144. The molecule has 0 heterocycles. The summed E-state index contributed by atoms with van der Waals surface area (Å²) in [4.78, 5) is 0. The zero-order valence-electron chi connectivity index (χ0n) is 10.7. The van der Waals surface area contributed by atoms with E-state index in [0.717, 1.165) is 6.42 Å². The third kappa shape index (κ3) is 4.77. The number of aryl methyl sites for hydroxylation is 1. The van der Waals surface area contributed by atoms with E-state index in [9.17, 15) is 0 Å². The van der Waals surface area contributed by atoms with Crippen LogP contribution in [0.1, 0.15) is 25.0 Å². The molecule has 0 amide bonds. The van der Waals surface area contributed by atoms with Crippen molar-refractivity contribution in [2.75, 3.05) is 13.7 Å². The molecule has 0 aromatic heterocycles. The molecule has 0 aliphatic heterocycles. The number of rotatable bonds is 6. The zero-order chi connectivity index (χ0) is 12.0. The number of hydrogen-bond donors (Lipinski definition) is 0. The minimum atomic E-state index is 0.144. The van der Waals surface area contributed by atoms with Crippen LogP contribution in [0.4, 0.5) is 0 Å². The van der Waals surface area contributed by atoms with Crippen molar-refractivity contribution < 1.29 is 9.47 Å². The van der Waals surface area contributed by atoms with Crippen molar-refractivity contribution in [1.82, 2.24) is 0 Å². The predicted octanol–water partition coefficient (Wildman–Crippen LogP) is 2.98. The maximum atomic E-state index is 5.57. The van der Waals surface area contributed by atoms with Crippen LogP contribution in [0.25, 0.3) is 0 Å². The quantitative estimate of drug-likeness (QED) is 0.736. The van der Waals surface area contributed by atoms with Crippen molar-refractivity contribution in [3.05, 3.63) is 35.4 Å². The van der Waals surface area contributed by atoms with Crippen LogP contribution < -0.4 is 0 Å². The predicted molar refractivity (Wildman–Crippen MR) is 66.8 cm³/mol. The lowest BCUT2D eigenvalue weighted by molar-refractivity contribution is -0.0147. The van der Waals surface area contributed by atoms with Crippen LogP contribution in [0.15, 0.2) is 24.3 Å². The van der Waals surface area contributed by atoms with E-state index in [4.69, 9.17) is 9.47 Å². The summed E-state index contributed by atoms with van der Waals surface area (Å²) in [7, 11) is 1.74. The summed E-state index contributed by atoms with van der Waals surface area (Å²) in [5, 5.41) is 0. The molecule has 0 saturated heterocycles. The molecule has 1 atom stereocenters. The van der Waals surface area contributed by atoms with E-state index in [-0.39, 0.29) is 12.2 Å². The topological polar surface area (TPSA) is 18.5 Å². The van der Waals surface area contributed by atoms with Crippen LogP contribution in [0.2, 0.25) is 0 Å². The number of methoxy groups -OCH3 is 1. The number of hydrogen-bond acceptors (Lipinski definition) is 2. The van der Waals surface area contributed by atoms with Crippen LogP contribution in [-0.2, 0) is 15.9 Å². The Labute approximate surface area is 98.6 Å². The minimum Gasteiger partial charge on any atom is -0.379 e. The van der Waals surface area contributed by atoms with E-state index >= 15 is 0 Å². The van der Waals surface area contributed by atoms with Gasteiger partial charge in [0.15, 0.2) is 0 Å². The summed E-state index contributed by atoms with van der Waals surface area (Å²) in [5.74, 6) is 0. The van der Waals surface area contributed by atoms with Gasteiger partial charge in [-0.1, -0.05) is 29.8 Å². The third-order valence-electron chi connectivity index (χ3n) is 2.53. The molecule has 2 heteroatoms. The molecule has 1 aromatic carbocycles. The lowest BCUT2D eigenvalue weighted by Crippen LogP contribution is -2.23. The van der Waals surface area contributed by atoms with Crippen molar-refractivity contribution in [2.45, 2.75) is 39.4 Å². The monoisotopic (exact) mass is 222 g/mol. The third-order valence-corrected chi connectivity index (χ3v) is 2.53.